The van der Waals surface area contributed by atoms with Gasteiger partial charge in [0.05, 0.1) is 12.9 Å². The average Bonchev–Trinajstić information content (AvgIpc) is 3.22. The molecule has 3 heterocycles. The summed E-state index contributed by atoms with van der Waals surface area (Å²) >= 11 is 0. The zero-order valence-corrected chi connectivity index (χ0v) is 14.2. The fourth-order valence-corrected chi connectivity index (χ4v) is 4.54. The first kappa shape index (κ1) is 16.2. The van der Waals surface area contributed by atoms with Crippen LogP contribution in [0.3, 0.4) is 0 Å². The van der Waals surface area contributed by atoms with E-state index < -0.39 is 10.2 Å². The summed E-state index contributed by atoms with van der Waals surface area (Å²) in [6.07, 6.45) is 7.04. The summed E-state index contributed by atoms with van der Waals surface area (Å²) in [6, 6.07) is 3.62. The zero-order chi connectivity index (χ0) is 16.4. The van der Waals surface area contributed by atoms with Crippen LogP contribution in [-0.4, -0.2) is 46.2 Å². The summed E-state index contributed by atoms with van der Waals surface area (Å²) in [5.74, 6) is 1.43. The van der Waals surface area contributed by atoms with Gasteiger partial charge in [0.25, 0.3) is 10.2 Å². The van der Waals surface area contributed by atoms with Gasteiger partial charge in [-0.1, -0.05) is 0 Å². The molecule has 8 heteroatoms. The molecule has 1 aliphatic heterocycles. The standard InChI is InChI=1S/C15H22N4O3S/c1-13-5-6-15(22-13)11-17(2)23(20,21)19-8-3-4-14(19)10-18-9-7-16-12-18/h5-7,9,12,14H,3-4,8,10-11H2,1-2H3/t14-/m1/s1. The largest absolute Gasteiger partial charge is 0.465 e. The molecule has 126 valence electrons. The minimum absolute atomic E-state index is 0.0324. The lowest BCUT2D eigenvalue weighted by molar-refractivity contribution is 0.309. The first-order chi connectivity index (χ1) is 11.0. The number of furan rings is 1. The fraction of sp³-hybridized carbons (Fsp3) is 0.533. The molecule has 3 rings (SSSR count). The maximum Gasteiger partial charge on any atom is 0.282 e. The Morgan fingerprint density at radius 1 is 1.43 bits per heavy atom. The molecule has 2 aromatic rings. The third kappa shape index (κ3) is 3.49. The van der Waals surface area contributed by atoms with E-state index in [4.69, 9.17) is 4.42 Å². The number of aromatic nitrogens is 2. The number of aryl methyl sites for hydroxylation is 1. The van der Waals surface area contributed by atoms with E-state index in [0.29, 0.717) is 18.8 Å². The second-order valence-corrected chi connectivity index (χ2v) is 7.93. The molecule has 0 bridgehead atoms. The highest BCUT2D eigenvalue weighted by Gasteiger charge is 2.37. The molecule has 1 fully saturated rings. The van der Waals surface area contributed by atoms with Crippen molar-refractivity contribution >= 4 is 10.2 Å². The highest BCUT2D eigenvalue weighted by atomic mass is 32.2. The van der Waals surface area contributed by atoms with Crippen molar-refractivity contribution in [3.05, 3.63) is 42.4 Å². The van der Waals surface area contributed by atoms with Crippen molar-refractivity contribution < 1.29 is 12.8 Å². The topological polar surface area (TPSA) is 71.6 Å². The Labute approximate surface area is 136 Å². The summed E-state index contributed by atoms with van der Waals surface area (Å²) in [6.45, 7) is 3.28. The lowest BCUT2D eigenvalue weighted by Gasteiger charge is -2.28. The molecule has 0 unspecified atom stereocenters. The maximum atomic E-state index is 12.9. The van der Waals surface area contributed by atoms with E-state index in [9.17, 15) is 8.42 Å². The Morgan fingerprint density at radius 2 is 2.26 bits per heavy atom. The van der Waals surface area contributed by atoms with Gasteiger partial charge in [0, 0.05) is 38.6 Å². The van der Waals surface area contributed by atoms with Gasteiger partial charge in [-0.2, -0.15) is 17.0 Å². The average molecular weight is 338 g/mol. The normalized spacial score (nSPS) is 19.7. The molecule has 0 amide bonds. The molecular formula is C15H22N4O3S. The minimum Gasteiger partial charge on any atom is -0.465 e. The van der Waals surface area contributed by atoms with Gasteiger partial charge in [-0.25, -0.2) is 4.98 Å². The Kier molecular flexibility index (Phi) is 4.56. The summed E-state index contributed by atoms with van der Waals surface area (Å²) in [7, 11) is -1.91. The summed E-state index contributed by atoms with van der Waals surface area (Å²) in [4.78, 5) is 4.02. The second-order valence-electron chi connectivity index (χ2n) is 5.94. The summed E-state index contributed by atoms with van der Waals surface area (Å²) in [5.41, 5.74) is 0. The third-order valence-corrected chi connectivity index (χ3v) is 6.16. The molecule has 0 N–H and O–H groups in total. The van der Waals surface area contributed by atoms with Crippen LogP contribution in [0.25, 0.3) is 0 Å². The van der Waals surface area contributed by atoms with Crippen molar-refractivity contribution in [2.24, 2.45) is 0 Å². The SMILES string of the molecule is Cc1ccc(CN(C)S(=O)(=O)N2CCC[C@@H]2Cn2ccnc2)o1. The molecule has 0 aromatic carbocycles. The first-order valence-electron chi connectivity index (χ1n) is 7.71. The van der Waals surface area contributed by atoms with E-state index >= 15 is 0 Å². The van der Waals surface area contributed by atoms with E-state index in [0.717, 1.165) is 18.6 Å². The zero-order valence-electron chi connectivity index (χ0n) is 13.4. The molecule has 0 aliphatic carbocycles. The van der Waals surface area contributed by atoms with Crippen molar-refractivity contribution in [2.75, 3.05) is 13.6 Å². The summed E-state index contributed by atoms with van der Waals surface area (Å²) in [5, 5.41) is 0. The Hall–Kier alpha value is -1.64. The van der Waals surface area contributed by atoms with Crippen molar-refractivity contribution in [3.63, 3.8) is 0 Å². The molecule has 7 nitrogen and oxygen atoms in total. The predicted molar refractivity (Wildman–Crippen MR) is 85.8 cm³/mol. The van der Waals surface area contributed by atoms with Gasteiger partial charge in [-0.05, 0) is 31.9 Å². The van der Waals surface area contributed by atoms with Crippen LogP contribution in [0.15, 0.2) is 35.3 Å². The number of rotatable bonds is 6. The van der Waals surface area contributed by atoms with Crippen molar-refractivity contribution in [1.29, 1.82) is 0 Å². The highest BCUT2D eigenvalue weighted by molar-refractivity contribution is 7.86. The lowest BCUT2D eigenvalue weighted by Crippen LogP contribution is -2.45. The van der Waals surface area contributed by atoms with Gasteiger partial charge in [0.15, 0.2) is 0 Å². The van der Waals surface area contributed by atoms with Crippen molar-refractivity contribution in [2.45, 2.75) is 38.9 Å². The highest BCUT2D eigenvalue weighted by Crippen LogP contribution is 2.25. The monoisotopic (exact) mass is 338 g/mol. The molecule has 0 saturated carbocycles. The number of hydrogen-bond donors (Lipinski definition) is 0. The van der Waals surface area contributed by atoms with E-state index in [1.807, 2.05) is 29.8 Å². The molecular weight excluding hydrogens is 316 g/mol. The minimum atomic E-state index is -3.51. The van der Waals surface area contributed by atoms with Gasteiger partial charge in [0.1, 0.15) is 11.5 Å². The number of hydrogen-bond acceptors (Lipinski definition) is 4. The van der Waals surface area contributed by atoms with E-state index in [1.54, 1.807) is 23.9 Å². The van der Waals surface area contributed by atoms with Crippen molar-refractivity contribution in [1.82, 2.24) is 18.2 Å². The predicted octanol–water partition coefficient (Wildman–Crippen LogP) is 1.63. The molecule has 1 atom stereocenters. The fourth-order valence-electron chi connectivity index (χ4n) is 2.98. The summed E-state index contributed by atoms with van der Waals surface area (Å²) < 4.78 is 36.1. The third-order valence-electron chi connectivity index (χ3n) is 4.17. The molecule has 1 aliphatic rings. The number of nitrogens with zero attached hydrogens (tertiary/aromatic N) is 4. The van der Waals surface area contributed by atoms with Crippen LogP contribution in [0.1, 0.15) is 24.4 Å². The van der Waals surface area contributed by atoms with E-state index in [-0.39, 0.29) is 12.6 Å². The first-order valence-corrected chi connectivity index (χ1v) is 9.10. The van der Waals surface area contributed by atoms with Crippen LogP contribution in [0, 0.1) is 6.92 Å². The molecule has 0 radical (unpaired) electrons. The van der Waals surface area contributed by atoms with Crippen LogP contribution in [-0.2, 0) is 23.3 Å². The molecule has 0 spiro atoms. The van der Waals surface area contributed by atoms with Gasteiger partial charge in [-0.3, -0.25) is 0 Å². The quantitative estimate of drug-likeness (QED) is 0.802. The van der Waals surface area contributed by atoms with Gasteiger partial charge in [0.2, 0.25) is 0 Å². The Bertz CT molecular complexity index is 739. The van der Waals surface area contributed by atoms with Crippen LogP contribution >= 0.6 is 0 Å². The van der Waals surface area contributed by atoms with Crippen LogP contribution in [0.5, 0.6) is 0 Å². The number of imidazole rings is 1. The maximum absolute atomic E-state index is 12.9. The Balaban J connectivity index is 1.72. The second kappa shape index (κ2) is 6.46. The van der Waals surface area contributed by atoms with Crippen LogP contribution < -0.4 is 0 Å². The lowest BCUT2D eigenvalue weighted by atomic mass is 10.2. The van der Waals surface area contributed by atoms with Crippen LogP contribution in [0.2, 0.25) is 0 Å². The Morgan fingerprint density at radius 3 is 2.91 bits per heavy atom. The molecule has 1 saturated heterocycles. The van der Waals surface area contributed by atoms with Gasteiger partial charge >= 0.3 is 0 Å². The van der Waals surface area contributed by atoms with Gasteiger partial charge < -0.3 is 8.98 Å². The van der Waals surface area contributed by atoms with Crippen molar-refractivity contribution in [3.8, 4) is 0 Å². The van der Waals surface area contributed by atoms with E-state index in [1.165, 1.54) is 4.31 Å². The smallest absolute Gasteiger partial charge is 0.282 e. The van der Waals surface area contributed by atoms with Gasteiger partial charge in [-0.15, -0.1) is 0 Å². The van der Waals surface area contributed by atoms with Crippen LogP contribution in [0.4, 0.5) is 0 Å². The van der Waals surface area contributed by atoms with E-state index in [2.05, 4.69) is 4.98 Å². The molecule has 23 heavy (non-hydrogen) atoms. The molecule has 2 aromatic heterocycles.